The Morgan fingerprint density at radius 2 is 2.12 bits per heavy atom. The molecule has 6 nitrogen and oxygen atoms in total. The van der Waals surface area contributed by atoms with Gasteiger partial charge in [-0.25, -0.2) is 9.50 Å². The molecule has 1 amide bonds. The van der Waals surface area contributed by atoms with E-state index in [1.807, 2.05) is 30.5 Å². The van der Waals surface area contributed by atoms with Gasteiger partial charge < -0.3 is 5.32 Å². The summed E-state index contributed by atoms with van der Waals surface area (Å²) in [5, 5.41) is 7.47. The number of carbonyl (C=O) groups excluding carboxylic acids is 1. The van der Waals surface area contributed by atoms with Crippen molar-refractivity contribution in [3.63, 3.8) is 0 Å². The monoisotopic (exact) mass is 321 g/mol. The molecule has 1 saturated carbocycles. The van der Waals surface area contributed by atoms with Gasteiger partial charge in [0.15, 0.2) is 11.5 Å². The van der Waals surface area contributed by atoms with Crippen LogP contribution in [0.2, 0.25) is 0 Å². The molecule has 0 unspecified atom stereocenters. The molecule has 0 spiro atoms. The minimum absolute atomic E-state index is 0.0564. The van der Waals surface area contributed by atoms with E-state index in [2.05, 4.69) is 20.4 Å². The maximum absolute atomic E-state index is 12.3. The largest absolute Gasteiger partial charge is 0.323 e. The topological polar surface area (TPSA) is 72.2 Å². The molecule has 4 rings (SSSR count). The first kappa shape index (κ1) is 14.8. The summed E-state index contributed by atoms with van der Waals surface area (Å²) in [4.78, 5) is 21.0. The van der Waals surface area contributed by atoms with E-state index in [9.17, 15) is 4.79 Å². The number of carbonyl (C=O) groups is 1. The number of hydrogen-bond acceptors (Lipinski definition) is 4. The lowest BCUT2D eigenvalue weighted by Crippen LogP contribution is -2.15. The normalized spacial score (nSPS) is 15.0. The average molecular weight is 321 g/mol. The highest BCUT2D eigenvalue weighted by molar-refractivity contribution is 5.94. The minimum atomic E-state index is 0.0564. The third-order valence-electron chi connectivity index (χ3n) is 4.50. The van der Waals surface area contributed by atoms with Crippen molar-refractivity contribution >= 4 is 17.2 Å². The summed E-state index contributed by atoms with van der Waals surface area (Å²) in [7, 11) is 0. The lowest BCUT2D eigenvalue weighted by atomic mass is 10.0. The number of hydrogen-bond donors (Lipinski definition) is 1. The highest BCUT2D eigenvalue weighted by atomic mass is 16.1. The minimum Gasteiger partial charge on any atom is -0.323 e. The first-order valence-corrected chi connectivity index (χ1v) is 8.35. The summed E-state index contributed by atoms with van der Waals surface area (Å²) < 4.78 is 1.69. The Labute approximate surface area is 139 Å². The number of pyridine rings is 2. The van der Waals surface area contributed by atoms with E-state index in [0.717, 1.165) is 18.4 Å². The molecular formula is C18H19N5O. The highest BCUT2D eigenvalue weighted by Crippen LogP contribution is 2.28. The van der Waals surface area contributed by atoms with E-state index >= 15 is 0 Å². The summed E-state index contributed by atoms with van der Waals surface area (Å²) in [5.74, 6) is 1.18. The van der Waals surface area contributed by atoms with Gasteiger partial charge in [0.05, 0.1) is 5.69 Å². The Morgan fingerprint density at radius 1 is 1.25 bits per heavy atom. The van der Waals surface area contributed by atoms with Gasteiger partial charge >= 0.3 is 0 Å². The van der Waals surface area contributed by atoms with Crippen LogP contribution in [0.1, 0.15) is 32.1 Å². The average Bonchev–Trinajstić information content (AvgIpc) is 3.25. The summed E-state index contributed by atoms with van der Waals surface area (Å²) in [5.41, 5.74) is 2.20. The number of rotatable bonds is 4. The predicted molar refractivity (Wildman–Crippen MR) is 91.4 cm³/mol. The van der Waals surface area contributed by atoms with Crippen LogP contribution in [0.3, 0.4) is 0 Å². The van der Waals surface area contributed by atoms with Crippen LogP contribution in [-0.2, 0) is 4.79 Å². The third kappa shape index (κ3) is 2.99. The van der Waals surface area contributed by atoms with Gasteiger partial charge in [-0.3, -0.25) is 9.78 Å². The summed E-state index contributed by atoms with van der Waals surface area (Å²) in [6.07, 6.45) is 10.7. The standard InChI is InChI=1S/C18H19N5O/c24-16(11-13-5-1-2-6-13)20-15-8-4-10-23-18(15)21-17(22-23)14-7-3-9-19-12-14/h3-4,7-10,12-13H,1-2,5-6,11H2,(H,20,24). The van der Waals surface area contributed by atoms with Crippen LogP contribution < -0.4 is 5.32 Å². The zero-order valence-electron chi connectivity index (χ0n) is 13.4. The summed E-state index contributed by atoms with van der Waals surface area (Å²) in [6.45, 7) is 0. The van der Waals surface area contributed by atoms with Gasteiger partial charge in [-0.1, -0.05) is 12.8 Å². The van der Waals surface area contributed by atoms with Crippen molar-refractivity contribution in [2.45, 2.75) is 32.1 Å². The fourth-order valence-electron chi connectivity index (χ4n) is 3.30. The second kappa shape index (κ2) is 6.39. The van der Waals surface area contributed by atoms with E-state index < -0.39 is 0 Å². The van der Waals surface area contributed by atoms with Crippen LogP contribution >= 0.6 is 0 Å². The lowest BCUT2D eigenvalue weighted by molar-refractivity contribution is -0.117. The molecule has 0 saturated heterocycles. The van der Waals surface area contributed by atoms with Gasteiger partial charge in [0.2, 0.25) is 5.91 Å². The molecule has 3 aromatic heterocycles. The lowest BCUT2D eigenvalue weighted by Gasteiger charge is -2.09. The number of anilines is 1. The van der Waals surface area contributed by atoms with Crippen LogP contribution in [0.5, 0.6) is 0 Å². The number of nitrogens with zero attached hydrogens (tertiary/aromatic N) is 4. The van der Waals surface area contributed by atoms with E-state index in [1.165, 1.54) is 12.8 Å². The van der Waals surface area contributed by atoms with Crippen molar-refractivity contribution in [1.82, 2.24) is 19.6 Å². The zero-order chi connectivity index (χ0) is 16.4. The SMILES string of the molecule is O=C(CC1CCCC1)Nc1cccn2nc(-c3cccnc3)nc12. The molecule has 1 fully saturated rings. The molecule has 3 aromatic rings. The van der Waals surface area contributed by atoms with Gasteiger partial charge in [-0.15, -0.1) is 5.10 Å². The van der Waals surface area contributed by atoms with Gasteiger partial charge in [0.1, 0.15) is 0 Å². The maximum atomic E-state index is 12.3. The van der Waals surface area contributed by atoms with E-state index in [1.54, 1.807) is 16.9 Å². The van der Waals surface area contributed by atoms with E-state index in [-0.39, 0.29) is 5.91 Å². The van der Waals surface area contributed by atoms with Gasteiger partial charge in [0, 0.05) is 30.6 Å². The molecular weight excluding hydrogens is 302 g/mol. The zero-order valence-corrected chi connectivity index (χ0v) is 13.4. The molecule has 1 aliphatic carbocycles. The van der Waals surface area contributed by atoms with Crippen LogP contribution in [0, 0.1) is 5.92 Å². The molecule has 0 aromatic carbocycles. The van der Waals surface area contributed by atoms with Crippen molar-refractivity contribution < 1.29 is 4.79 Å². The molecule has 0 aliphatic heterocycles. The van der Waals surface area contributed by atoms with Crippen LogP contribution in [0.4, 0.5) is 5.69 Å². The van der Waals surface area contributed by atoms with Crippen molar-refractivity contribution in [3.05, 3.63) is 42.9 Å². The number of amides is 1. The number of aromatic nitrogens is 4. The first-order valence-electron chi connectivity index (χ1n) is 8.35. The molecule has 3 heterocycles. The number of fused-ring (bicyclic) bond motifs is 1. The van der Waals surface area contributed by atoms with Crippen molar-refractivity contribution in [3.8, 4) is 11.4 Å². The van der Waals surface area contributed by atoms with E-state index in [4.69, 9.17) is 0 Å². The molecule has 24 heavy (non-hydrogen) atoms. The maximum Gasteiger partial charge on any atom is 0.224 e. The molecule has 1 aliphatic rings. The Hall–Kier alpha value is -2.76. The molecule has 0 atom stereocenters. The molecule has 1 N–H and O–H groups in total. The quantitative estimate of drug-likeness (QED) is 0.800. The van der Waals surface area contributed by atoms with Gasteiger partial charge in [-0.2, -0.15) is 0 Å². The van der Waals surface area contributed by atoms with Crippen LogP contribution in [-0.4, -0.2) is 25.5 Å². The Bertz CT molecular complexity index is 852. The second-order valence-corrected chi connectivity index (χ2v) is 6.27. The van der Waals surface area contributed by atoms with Crippen LogP contribution in [0.25, 0.3) is 17.0 Å². The Balaban J connectivity index is 1.59. The van der Waals surface area contributed by atoms with Gasteiger partial charge in [-0.05, 0) is 43.0 Å². The third-order valence-corrected chi connectivity index (χ3v) is 4.50. The van der Waals surface area contributed by atoms with Crippen molar-refractivity contribution in [2.75, 3.05) is 5.32 Å². The summed E-state index contributed by atoms with van der Waals surface area (Å²) in [6, 6.07) is 7.49. The molecule has 122 valence electrons. The van der Waals surface area contributed by atoms with Gasteiger partial charge in [0.25, 0.3) is 0 Å². The predicted octanol–water partition coefficient (Wildman–Crippen LogP) is 3.31. The Kier molecular flexibility index (Phi) is 3.94. The molecule has 6 heteroatoms. The van der Waals surface area contributed by atoms with Crippen molar-refractivity contribution in [2.24, 2.45) is 5.92 Å². The summed E-state index contributed by atoms with van der Waals surface area (Å²) >= 11 is 0. The fourth-order valence-corrected chi connectivity index (χ4v) is 3.30. The number of nitrogens with one attached hydrogen (secondary N) is 1. The fraction of sp³-hybridized carbons (Fsp3) is 0.333. The van der Waals surface area contributed by atoms with E-state index in [0.29, 0.717) is 29.5 Å². The van der Waals surface area contributed by atoms with Crippen LogP contribution in [0.15, 0.2) is 42.9 Å². The first-order chi connectivity index (χ1) is 11.8. The second-order valence-electron chi connectivity index (χ2n) is 6.27. The molecule has 0 bridgehead atoms. The molecule has 0 radical (unpaired) electrons. The smallest absolute Gasteiger partial charge is 0.224 e. The Morgan fingerprint density at radius 3 is 2.92 bits per heavy atom. The van der Waals surface area contributed by atoms with Crippen molar-refractivity contribution in [1.29, 1.82) is 0 Å². The highest BCUT2D eigenvalue weighted by Gasteiger charge is 2.19.